The van der Waals surface area contributed by atoms with E-state index < -0.39 is 5.79 Å². The van der Waals surface area contributed by atoms with Crippen LogP contribution in [0.4, 0.5) is 5.69 Å². The van der Waals surface area contributed by atoms with Gasteiger partial charge in [-0.1, -0.05) is 63.6 Å². The molecule has 0 aliphatic heterocycles. The van der Waals surface area contributed by atoms with Gasteiger partial charge in [0.05, 0.1) is 0 Å². The molecular weight excluding hydrogens is 310 g/mol. The molecular formula is C22H39NO2. The zero-order valence-electron chi connectivity index (χ0n) is 16.9. The Morgan fingerprint density at radius 2 is 1.48 bits per heavy atom. The number of anilines is 1. The SMILES string of the molecule is CCCCCCCCC(CNc1ccccc1)C(C)(OCC)OCC. The van der Waals surface area contributed by atoms with E-state index in [1.807, 2.05) is 19.9 Å². The lowest BCUT2D eigenvalue weighted by Gasteiger charge is -2.37. The van der Waals surface area contributed by atoms with E-state index in [-0.39, 0.29) is 0 Å². The Balaban J connectivity index is 2.61. The predicted molar refractivity (Wildman–Crippen MR) is 108 cm³/mol. The maximum absolute atomic E-state index is 6.05. The van der Waals surface area contributed by atoms with Crippen LogP contribution in [0.1, 0.15) is 72.6 Å². The number of benzene rings is 1. The molecule has 25 heavy (non-hydrogen) atoms. The number of rotatable bonds is 15. The molecule has 0 fully saturated rings. The Bertz CT molecular complexity index is 415. The maximum atomic E-state index is 6.05. The molecule has 0 aromatic heterocycles. The van der Waals surface area contributed by atoms with Crippen LogP contribution in [0.25, 0.3) is 0 Å². The van der Waals surface area contributed by atoms with Gasteiger partial charge in [0.2, 0.25) is 0 Å². The van der Waals surface area contributed by atoms with E-state index in [9.17, 15) is 0 Å². The minimum atomic E-state index is -0.519. The number of hydrogen-bond donors (Lipinski definition) is 1. The molecule has 0 radical (unpaired) electrons. The molecule has 3 nitrogen and oxygen atoms in total. The van der Waals surface area contributed by atoms with Gasteiger partial charge in [0.1, 0.15) is 0 Å². The second-order valence-electron chi connectivity index (χ2n) is 6.88. The molecule has 0 saturated heterocycles. The number of para-hydroxylation sites is 1. The van der Waals surface area contributed by atoms with Crippen LogP contribution in [0.3, 0.4) is 0 Å². The lowest BCUT2D eigenvalue weighted by Crippen LogP contribution is -2.44. The van der Waals surface area contributed by atoms with Crippen LogP contribution in [-0.4, -0.2) is 25.5 Å². The molecule has 1 rings (SSSR count). The van der Waals surface area contributed by atoms with Gasteiger partial charge in [0, 0.05) is 31.4 Å². The van der Waals surface area contributed by atoms with E-state index in [2.05, 4.69) is 43.4 Å². The van der Waals surface area contributed by atoms with Crippen molar-refractivity contribution in [3.05, 3.63) is 30.3 Å². The highest BCUT2D eigenvalue weighted by atomic mass is 16.7. The highest BCUT2D eigenvalue weighted by molar-refractivity contribution is 5.42. The van der Waals surface area contributed by atoms with Crippen LogP contribution >= 0.6 is 0 Å². The van der Waals surface area contributed by atoms with Crippen LogP contribution < -0.4 is 5.32 Å². The monoisotopic (exact) mass is 349 g/mol. The number of hydrogen-bond acceptors (Lipinski definition) is 3. The highest BCUT2D eigenvalue weighted by Gasteiger charge is 2.35. The van der Waals surface area contributed by atoms with Crippen molar-refractivity contribution >= 4 is 5.69 Å². The third-order valence-corrected chi connectivity index (χ3v) is 4.84. The molecule has 1 aromatic carbocycles. The summed E-state index contributed by atoms with van der Waals surface area (Å²) in [4.78, 5) is 0. The molecule has 0 saturated carbocycles. The smallest absolute Gasteiger partial charge is 0.169 e. The first-order chi connectivity index (χ1) is 12.2. The topological polar surface area (TPSA) is 30.5 Å². The molecule has 0 spiro atoms. The molecule has 0 aliphatic rings. The summed E-state index contributed by atoms with van der Waals surface area (Å²) in [5.74, 6) is -0.187. The Morgan fingerprint density at radius 1 is 0.880 bits per heavy atom. The van der Waals surface area contributed by atoms with Gasteiger partial charge in [0.25, 0.3) is 0 Å². The first kappa shape index (κ1) is 22.0. The predicted octanol–water partition coefficient (Wildman–Crippen LogP) is 6.25. The van der Waals surface area contributed by atoms with Crippen molar-refractivity contribution < 1.29 is 9.47 Å². The molecule has 144 valence electrons. The molecule has 1 aromatic rings. The molecule has 0 bridgehead atoms. The minimum Gasteiger partial charge on any atom is -0.385 e. The number of ether oxygens (including phenoxy) is 2. The minimum absolute atomic E-state index is 0.332. The Kier molecular flexibility index (Phi) is 11.6. The van der Waals surface area contributed by atoms with Crippen molar-refractivity contribution in [2.24, 2.45) is 5.92 Å². The summed E-state index contributed by atoms with van der Waals surface area (Å²) >= 11 is 0. The van der Waals surface area contributed by atoms with Crippen molar-refractivity contribution in [1.82, 2.24) is 0 Å². The van der Waals surface area contributed by atoms with Gasteiger partial charge in [-0.05, 0) is 39.3 Å². The van der Waals surface area contributed by atoms with Crippen LogP contribution in [0.2, 0.25) is 0 Å². The summed E-state index contributed by atoms with van der Waals surface area (Å²) in [5.41, 5.74) is 1.16. The largest absolute Gasteiger partial charge is 0.385 e. The average Bonchev–Trinajstić information content (AvgIpc) is 2.61. The summed E-state index contributed by atoms with van der Waals surface area (Å²) in [6.45, 7) is 10.7. The first-order valence-corrected chi connectivity index (χ1v) is 10.2. The Morgan fingerprint density at radius 3 is 2.08 bits per heavy atom. The van der Waals surface area contributed by atoms with Crippen molar-refractivity contribution in [2.45, 2.75) is 78.4 Å². The highest BCUT2D eigenvalue weighted by Crippen LogP contribution is 2.29. The van der Waals surface area contributed by atoms with Gasteiger partial charge < -0.3 is 14.8 Å². The zero-order chi connectivity index (χ0) is 18.4. The summed E-state index contributed by atoms with van der Waals surface area (Å²) < 4.78 is 12.1. The van der Waals surface area contributed by atoms with Crippen LogP contribution in [-0.2, 0) is 9.47 Å². The first-order valence-electron chi connectivity index (χ1n) is 10.2. The normalized spacial score (nSPS) is 13.0. The Hall–Kier alpha value is -1.06. The van der Waals surface area contributed by atoms with Crippen LogP contribution in [0.15, 0.2) is 30.3 Å². The van der Waals surface area contributed by atoms with E-state index in [0.29, 0.717) is 19.1 Å². The molecule has 0 aliphatic carbocycles. The van der Waals surface area contributed by atoms with Gasteiger partial charge in [0.15, 0.2) is 5.79 Å². The second kappa shape index (κ2) is 13.2. The average molecular weight is 350 g/mol. The van der Waals surface area contributed by atoms with E-state index in [1.165, 1.54) is 38.5 Å². The standard InChI is InChI=1S/C22H39NO2/c1-5-8-9-10-11-13-16-20(22(4,24-6-2)25-7-3)19-23-21-17-14-12-15-18-21/h12,14-15,17-18,20,23H,5-11,13,16,19H2,1-4H3. The fourth-order valence-corrected chi connectivity index (χ4v) is 3.37. The zero-order valence-corrected chi connectivity index (χ0v) is 16.9. The second-order valence-corrected chi connectivity index (χ2v) is 6.88. The Labute approximate surface area is 155 Å². The van der Waals surface area contributed by atoms with Gasteiger partial charge in [-0.25, -0.2) is 0 Å². The third kappa shape index (κ3) is 8.73. The summed E-state index contributed by atoms with van der Waals surface area (Å²) in [6.07, 6.45) is 9.02. The molecule has 1 unspecified atom stereocenters. The van der Waals surface area contributed by atoms with E-state index in [0.717, 1.165) is 18.7 Å². The maximum Gasteiger partial charge on any atom is 0.169 e. The van der Waals surface area contributed by atoms with Crippen molar-refractivity contribution in [3.8, 4) is 0 Å². The van der Waals surface area contributed by atoms with Gasteiger partial charge in [-0.3, -0.25) is 0 Å². The molecule has 0 heterocycles. The van der Waals surface area contributed by atoms with Crippen molar-refractivity contribution in [1.29, 1.82) is 0 Å². The van der Waals surface area contributed by atoms with Crippen LogP contribution in [0, 0.1) is 5.92 Å². The number of unbranched alkanes of at least 4 members (excludes halogenated alkanes) is 5. The van der Waals surface area contributed by atoms with E-state index in [4.69, 9.17) is 9.47 Å². The van der Waals surface area contributed by atoms with Crippen molar-refractivity contribution in [2.75, 3.05) is 25.1 Å². The van der Waals surface area contributed by atoms with E-state index >= 15 is 0 Å². The number of nitrogens with one attached hydrogen (secondary N) is 1. The quantitative estimate of drug-likeness (QED) is 0.300. The molecule has 1 atom stereocenters. The summed E-state index contributed by atoms with van der Waals surface area (Å²) in [6, 6.07) is 10.4. The fraction of sp³-hybridized carbons (Fsp3) is 0.727. The summed E-state index contributed by atoms with van der Waals surface area (Å²) in [7, 11) is 0. The summed E-state index contributed by atoms with van der Waals surface area (Å²) in [5, 5.41) is 3.57. The lowest BCUT2D eigenvalue weighted by atomic mass is 9.92. The van der Waals surface area contributed by atoms with Gasteiger partial charge in [-0.2, -0.15) is 0 Å². The third-order valence-electron chi connectivity index (χ3n) is 4.84. The fourth-order valence-electron chi connectivity index (χ4n) is 3.37. The molecule has 0 amide bonds. The van der Waals surface area contributed by atoms with Crippen molar-refractivity contribution in [3.63, 3.8) is 0 Å². The molecule has 3 heteroatoms. The lowest BCUT2D eigenvalue weighted by molar-refractivity contribution is -0.250. The van der Waals surface area contributed by atoms with Gasteiger partial charge >= 0.3 is 0 Å². The van der Waals surface area contributed by atoms with Crippen LogP contribution in [0.5, 0.6) is 0 Å². The van der Waals surface area contributed by atoms with Gasteiger partial charge in [-0.15, -0.1) is 0 Å². The molecule has 1 N–H and O–H groups in total. The van der Waals surface area contributed by atoms with E-state index in [1.54, 1.807) is 0 Å².